The molecule has 0 unspecified atom stereocenters. The summed E-state index contributed by atoms with van der Waals surface area (Å²) in [6.45, 7) is 6.65. The molecule has 0 saturated carbocycles. The van der Waals surface area contributed by atoms with Gasteiger partial charge in [0.05, 0.1) is 4.47 Å². The fourth-order valence-corrected chi connectivity index (χ4v) is 0.996. The van der Waals surface area contributed by atoms with Crippen LogP contribution in [0.15, 0.2) is 29.0 Å². The first-order chi connectivity index (χ1) is 6.18. The number of anilines is 1. The molecular weight excluding hydrogens is 230 g/mol. The van der Waals surface area contributed by atoms with Crippen molar-refractivity contribution in [1.29, 1.82) is 0 Å². The van der Waals surface area contributed by atoms with Crippen LogP contribution in [0.25, 0.3) is 0 Å². The van der Waals surface area contributed by atoms with Crippen LogP contribution in [0.5, 0.6) is 0 Å². The molecule has 0 aliphatic heterocycles. The maximum Gasteiger partial charge on any atom is 0.222 e. The zero-order valence-corrected chi connectivity index (χ0v) is 9.13. The molecule has 0 amide bonds. The van der Waals surface area contributed by atoms with Crippen LogP contribution in [0.4, 0.5) is 5.95 Å². The van der Waals surface area contributed by atoms with Gasteiger partial charge >= 0.3 is 0 Å². The van der Waals surface area contributed by atoms with Crippen LogP contribution < -0.4 is 5.32 Å². The van der Waals surface area contributed by atoms with Crippen molar-refractivity contribution in [2.24, 2.45) is 0 Å². The van der Waals surface area contributed by atoms with E-state index >= 15 is 0 Å². The minimum absolute atomic E-state index is 0.657. The van der Waals surface area contributed by atoms with Gasteiger partial charge in [0.1, 0.15) is 0 Å². The molecule has 0 spiro atoms. The van der Waals surface area contributed by atoms with Crippen LogP contribution in [-0.4, -0.2) is 16.5 Å². The van der Waals surface area contributed by atoms with E-state index in [2.05, 4.69) is 37.8 Å². The van der Waals surface area contributed by atoms with E-state index in [0.717, 1.165) is 23.0 Å². The summed E-state index contributed by atoms with van der Waals surface area (Å²) in [6, 6.07) is 0. The third-order valence-corrected chi connectivity index (χ3v) is 1.86. The Labute approximate surface area is 86.4 Å². The topological polar surface area (TPSA) is 37.8 Å². The minimum atomic E-state index is 0.657. The lowest BCUT2D eigenvalue weighted by molar-refractivity contribution is 0.970. The van der Waals surface area contributed by atoms with Gasteiger partial charge in [-0.2, -0.15) is 0 Å². The van der Waals surface area contributed by atoms with Crippen LogP contribution in [-0.2, 0) is 0 Å². The minimum Gasteiger partial charge on any atom is -0.354 e. The lowest BCUT2D eigenvalue weighted by Crippen LogP contribution is -2.04. The summed E-state index contributed by atoms with van der Waals surface area (Å²) in [5, 5.41) is 3.10. The van der Waals surface area contributed by atoms with E-state index in [-0.39, 0.29) is 0 Å². The molecule has 1 aromatic rings. The molecule has 70 valence electrons. The molecule has 0 atom stereocenters. The van der Waals surface area contributed by atoms with E-state index in [9.17, 15) is 0 Å². The number of rotatable bonds is 4. The van der Waals surface area contributed by atoms with Crippen molar-refractivity contribution < 1.29 is 0 Å². The molecule has 1 aromatic heterocycles. The SMILES string of the molecule is C=C(C)CCNc1ncc(Br)cn1. The summed E-state index contributed by atoms with van der Waals surface area (Å²) in [4.78, 5) is 8.15. The summed E-state index contributed by atoms with van der Waals surface area (Å²) in [5.41, 5.74) is 1.16. The summed E-state index contributed by atoms with van der Waals surface area (Å²) < 4.78 is 0.887. The normalized spacial score (nSPS) is 9.69. The fourth-order valence-electron chi connectivity index (χ4n) is 0.791. The zero-order chi connectivity index (χ0) is 9.68. The molecule has 0 fully saturated rings. The molecule has 1 rings (SSSR count). The van der Waals surface area contributed by atoms with Crippen LogP contribution in [0, 0.1) is 0 Å². The highest BCUT2D eigenvalue weighted by atomic mass is 79.9. The van der Waals surface area contributed by atoms with Gasteiger partial charge in [-0.15, -0.1) is 6.58 Å². The number of hydrogen-bond acceptors (Lipinski definition) is 3. The Balaban J connectivity index is 2.37. The molecule has 4 heteroatoms. The molecule has 0 aromatic carbocycles. The molecule has 0 saturated heterocycles. The maximum atomic E-state index is 4.08. The summed E-state index contributed by atoms with van der Waals surface area (Å²) in [7, 11) is 0. The predicted molar refractivity (Wildman–Crippen MR) is 57.7 cm³/mol. The van der Waals surface area contributed by atoms with Crippen molar-refractivity contribution >= 4 is 21.9 Å². The second-order valence-corrected chi connectivity index (χ2v) is 3.77. The number of nitrogens with one attached hydrogen (secondary N) is 1. The average Bonchev–Trinajstić information content (AvgIpc) is 2.08. The van der Waals surface area contributed by atoms with Gasteiger partial charge < -0.3 is 5.32 Å². The zero-order valence-electron chi connectivity index (χ0n) is 7.55. The Morgan fingerprint density at radius 2 is 2.15 bits per heavy atom. The fraction of sp³-hybridized carbons (Fsp3) is 0.333. The second kappa shape index (κ2) is 4.97. The van der Waals surface area contributed by atoms with E-state index in [1.807, 2.05) is 6.92 Å². The van der Waals surface area contributed by atoms with Gasteiger partial charge in [0.15, 0.2) is 0 Å². The van der Waals surface area contributed by atoms with Crippen molar-refractivity contribution in [1.82, 2.24) is 9.97 Å². The van der Waals surface area contributed by atoms with Crippen molar-refractivity contribution in [2.45, 2.75) is 13.3 Å². The third kappa shape index (κ3) is 4.03. The largest absolute Gasteiger partial charge is 0.354 e. The van der Waals surface area contributed by atoms with E-state index in [4.69, 9.17) is 0 Å². The molecule has 1 heterocycles. The highest BCUT2D eigenvalue weighted by Crippen LogP contribution is 2.06. The Bertz CT molecular complexity index is 281. The third-order valence-electron chi connectivity index (χ3n) is 1.46. The Kier molecular flexibility index (Phi) is 3.89. The van der Waals surface area contributed by atoms with E-state index in [1.54, 1.807) is 12.4 Å². The van der Waals surface area contributed by atoms with Gasteiger partial charge in [-0.1, -0.05) is 5.57 Å². The molecule has 0 aliphatic carbocycles. The summed E-state index contributed by atoms with van der Waals surface area (Å²) in [5.74, 6) is 0.657. The Hall–Kier alpha value is -0.900. The van der Waals surface area contributed by atoms with E-state index in [1.165, 1.54) is 0 Å². The molecule has 13 heavy (non-hydrogen) atoms. The highest BCUT2D eigenvalue weighted by molar-refractivity contribution is 9.10. The monoisotopic (exact) mass is 241 g/mol. The number of nitrogens with zero attached hydrogens (tertiary/aromatic N) is 2. The van der Waals surface area contributed by atoms with Gasteiger partial charge in [0.2, 0.25) is 5.95 Å². The molecule has 0 aliphatic rings. The predicted octanol–water partition coefficient (Wildman–Crippen LogP) is 2.62. The van der Waals surface area contributed by atoms with Gasteiger partial charge in [-0.05, 0) is 29.3 Å². The quantitative estimate of drug-likeness (QED) is 0.824. The number of halogens is 1. The van der Waals surface area contributed by atoms with Crippen LogP contribution in [0.1, 0.15) is 13.3 Å². The standard InChI is InChI=1S/C9H12BrN3/c1-7(2)3-4-11-9-12-5-8(10)6-13-9/h5-6H,1,3-4H2,2H3,(H,11,12,13). The van der Waals surface area contributed by atoms with Crippen molar-refractivity contribution in [2.75, 3.05) is 11.9 Å². The van der Waals surface area contributed by atoms with Gasteiger partial charge in [0.25, 0.3) is 0 Å². The van der Waals surface area contributed by atoms with E-state index in [0.29, 0.717) is 5.95 Å². The van der Waals surface area contributed by atoms with Crippen molar-refractivity contribution in [3.63, 3.8) is 0 Å². The second-order valence-electron chi connectivity index (χ2n) is 2.86. The van der Waals surface area contributed by atoms with Gasteiger partial charge in [-0.25, -0.2) is 9.97 Å². The van der Waals surface area contributed by atoms with Gasteiger partial charge in [0, 0.05) is 18.9 Å². The van der Waals surface area contributed by atoms with E-state index < -0.39 is 0 Å². The Morgan fingerprint density at radius 3 is 2.69 bits per heavy atom. The van der Waals surface area contributed by atoms with Crippen molar-refractivity contribution in [3.8, 4) is 0 Å². The van der Waals surface area contributed by atoms with Crippen LogP contribution >= 0.6 is 15.9 Å². The molecule has 3 nitrogen and oxygen atoms in total. The smallest absolute Gasteiger partial charge is 0.222 e. The number of aromatic nitrogens is 2. The number of hydrogen-bond donors (Lipinski definition) is 1. The lowest BCUT2D eigenvalue weighted by atomic mass is 10.2. The maximum absolute atomic E-state index is 4.08. The van der Waals surface area contributed by atoms with Gasteiger partial charge in [-0.3, -0.25) is 0 Å². The highest BCUT2D eigenvalue weighted by Gasteiger charge is 1.94. The Morgan fingerprint density at radius 1 is 1.54 bits per heavy atom. The van der Waals surface area contributed by atoms with Crippen LogP contribution in [0.3, 0.4) is 0 Å². The first-order valence-electron chi connectivity index (χ1n) is 4.04. The molecule has 0 bridgehead atoms. The first kappa shape index (κ1) is 10.2. The van der Waals surface area contributed by atoms with Crippen molar-refractivity contribution in [3.05, 3.63) is 29.0 Å². The molecule has 0 radical (unpaired) electrons. The summed E-state index contributed by atoms with van der Waals surface area (Å²) >= 11 is 3.27. The molecular formula is C9H12BrN3. The van der Waals surface area contributed by atoms with Crippen LogP contribution in [0.2, 0.25) is 0 Å². The first-order valence-corrected chi connectivity index (χ1v) is 4.83. The molecule has 1 N–H and O–H groups in total. The lowest BCUT2D eigenvalue weighted by Gasteiger charge is -2.03. The summed E-state index contributed by atoms with van der Waals surface area (Å²) in [6.07, 6.45) is 4.38. The average molecular weight is 242 g/mol.